The van der Waals surface area contributed by atoms with Crippen molar-refractivity contribution in [2.24, 2.45) is 7.05 Å². The Bertz CT molecular complexity index is 302. The highest BCUT2D eigenvalue weighted by Gasteiger charge is 2.25. The normalized spacial score (nSPS) is 19.0. The number of aliphatic hydroxyl groups is 1. The van der Waals surface area contributed by atoms with E-state index >= 15 is 0 Å². The van der Waals surface area contributed by atoms with Crippen LogP contribution in [-0.4, -0.2) is 38.8 Å². The molecular formula is C9H15N3O. The van der Waals surface area contributed by atoms with Gasteiger partial charge in [0.25, 0.3) is 0 Å². The molecule has 0 amide bonds. The first-order valence-corrected chi connectivity index (χ1v) is 4.54. The zero-order valence-electron chi connectivity index (χ0n) is 8.06. The maximum Gasteiger partial charge on any atom is 0.122 e. The summed E-state index contributed by atoms with van der Waals surface area (Å²) in [6.07, 6.45) is 1.90. The second kappa shape index (κ2) is 3.12. The first-order chi connectivity index (χ1) is 6.15. The Kier molecular flexibility index (Phi) is 2.09. The first kappa shape index (κ1) is 8.72. The van der Waals surface area contributed by atoms with Gasteiger partial charge in [-0.2, -0.15) is 0 Å². The summed E-state index contributed by atoms with van der Waals surface area (Å²) in [4.78, 5) is 6.58. The van der Waals surface area contributed by atoms with Gasteiger partial charge in [0.15, 0.2) is 0 Å². The SMILES string of the molecule is Cc1cn(C)c(CN2CC(O)C2)n1. The number of imidazole rings is 1. The number of aryl methyl sites for hydroxylation is 2. The van der Waals surface area contributed by atoms with Crippen molar-refractivity contribution in [1.82, 2.24) is 14.5 Å². The predicted molar refractivity (Wildman–Crippen MR) is 49.2 cm³/mol. The van der Waals surface area contributed by atoms with Crippen LogP contribution in [0.15, 0.2) is 6.20 Å². The molecule has 0 bridgehead atoms. The van der Waals surface area contributed by atoms with Gasteiger partial charge in [-0.25, -0.2) is 4.98 Å². The summed E-state index contributed by atoms with van der Waals surface area (Å²) >= 11 is 0. The van der Waals surface area contributed by atoms with E-state index in [0.29, 0.717) is 0 Å². The van der Waals surface area contributed by atoms with Gasteiger partial charge in [-0.05, 0) is 6.92 Å². The molecular weight excluding hydrogens is 166 g/mol. The van der Waals surface area contributed by atoms with Gasteiger partial charge in [0.05, 0.1) is 18.3 Å². The highest BCUT2D eigenvalue weighted by Crippen LogP contribution is 2.12. The number of aliphatic hydroxyl groups excluding tert-OH is 1. The lowest BCUT2D eigenvalue weighted by Gasteiger charge is -2.35. The van der Waals surface area contributed by atoms with E-state index in [1.165, 1.54) is 0 Å². The summed E-state index contributed by atoms with van der Waals surface area (Å²) in [5.74, 6) is 1.07. The van der Waals surface area contributed by atoms with Crippen LogP contribution < -0.4 is 0 Å². The molecule has 1 aliphatic heterocycles. The van der Waals surface area contributed by atoms with Gasteiger partial charge in [0.1, 0.15) is 5.82 Å². The van der Waals surface area contributed by atoms with E-state index in [1.54, 1.807) is 0 Å². The van der Waals surface area contributed by atoms with Gasteiger partial charge in [0.2, 0.25) is 0 Å². The average molecular weight is 181 g/mol. The van der Waals surface area contributed by atoms with E-state index in [9.17, 15) is 0 Å². The zero-order valence-corrected chi connectivity index (χ0v) is 8.06. The van der Waals surface area contributed by atoms with Crippen LogP contribution in [0.4, 0.5) is 0 Å². The number of hydrogen-bond acceptors (Lipinski definition) is 3. The van der Waals surface area contributed by atoms with Crippen LogP contribution in [0.2, 0.25) is 0 Å². The lowest BCUT2D eigenvalue weighted by atomic mass is 10.2. The molecule has 4 nitrogen and oxygen atoms in total. The second-order valence-electron chi connectivity index (χ2n) is 3.76. The van der Waals surface area contributed by atoms with E-state index in [2.05, 4.69) is 9.88 Å². The topological polar surface area (TPSA) is 41.3 Å². The minimum Gasteiger partial charge on any atom is -0.390 e. The van der Waals surface area contributed by atoms with Crippen molar-refractivity contribution in [3.8, 4) is 0 Å². The third-order valence-corrected chi connectivity index (χ3v) is 2.40. The molecule has 0 aromatic carbocycles. The molecule has 0 atom stereocenters. The summed E-state index contributed by atoms with van der Waals surface area (Å²) < 4.78 is 2.04. The molecule has 1 saturated heterocycles. The van der Waals surface area contributed by atoms with Gasteiger partial charge in [-0.1, -0.05) is 0 Å². The van der Waals surface area contributed by atoms with Crippen LogP contribution in [0.25, 0.3) is 0 Å². The van der Waals surface area contributed by atoms with Crippen molar-refractivity contribution in [1.29, 1.82) is 0 Å². The van der Waals surface area contributed by atoms with Crippen molar-refractivity contribution in [2.75, 3.05) is 13.1 Å². The van der Waals surface area contributed by atoms with Crippen LogP contribution >= 0.6 is 0 Å². The average Bonchev–Trinajstić information content (AvgIpc) is 2.27. The molecule has 2 rings (SSSR count). The molecule has 13 heavy (non-hydrogen) atoms. The maximum absolute atomic E-state index is 9.10. The number of nitrogens with zero attached hydrogens (tertiary/aromatic N) is 3. The number of rotatable bonds is 2. The Morgan fingerprint density at radius 1 is 1.62 bits per heavy atom. The Morgan fingerprint density at radius 3 is 2.77 bits per heavy atom. The highest BCUT2D eigenvalue weighted by molar-refractivity contribution is 5.02. The molecule has 1 aliphatic rings. The Labute approximate surface area is 77.8 Å². The van der Waals surface area contributed by atoms with Crippen LogP contribution in [-0.2, 0) is 13.6 Å². The summed E-state index contributed by atoms with van der Waals surface area (Å²) in [5.41, 5.74) is 1.05. The third-order valence-electron chi connectivity index (χ3n) is 2.40. The Balaban J connectivity index is 1.98. The molecule has 1 fully saturated rings. The molecule has 1 aromatic heterocycles. The molecule has 0 spiro atoms. The molecule has 72 valence electrons. The number of hydrogen-bond donors (Lipinski definition) is 1. The van der Waals surface area contributed by atoms with Crippen LogP contribution in [0, 0.1) is 6.92 Å². The molecule has 0 aliphatic carbocycles. The lowest BCUT2D eigenvalue weighted by molar-refractivity contribution is -0.00470. The van der Waals surface area contributed by atoms with E-state index < -0.39 is 0 Å². The summed E-state index contributed by atoms with van der Waals surface area (Å²) in [7, 11) is 2.01. The minimum atomic E-state index is -0.124. The summed E-state index contributed by atoms with van der Waals surface area (Å²) in [5, 5.41) is 9.10. The Morgan fingerprint density at radius 2 is 2.31 bits per heavy atom. The zero-order chi connectivity index (χ0) is 9.42. The van der Waals surface area contributed by atoms with E-state index in [4.69, 9.17) is 5.11 Å². The second-order valence-corrected chi connectivity index (χ2v) is 3.76. The number of likely N-dealkylation sites (tertiary alicyclic amines) is 1. The van der Waals surface area contributed by atoms with Gasteiger partial charge in [-0.3, -0.25) is 4.90 Å². The standard InChI is InChI=1S/C9H15N3O/c1-7-3-11(2)9(10-7)6-12-4-8(13)5-12/h3,8,13H,4-6H2,1-2H3. The number of aromatic nitrogens is 2. The van der Waals surface area contributed by atoms with Crippen LogP contribution in [0.5, 0.6) is 0 Å². The monoisotopic (exact) mass is 181 g/mol. The van der Waals surface area contributed by atoms with E-state index in [-0.39, 0.29) is 6.10 Å². The maximum atomic E-state index is 9.10. The van der Waals surface area contributed by atoms with Crippen molar-refractivity contribution >= 4 is 0 Å². The van der Waals surface area contributed by atoms with Gasteiger partial charge in [0, 0.05) is 26.3 Å². The lowest BCUT2D eigenvalue weighted by Crippen LogP contribution is -2.50. The smallest absolute Gasteiger partial charge is 0.122 e. The quantitative estimate of drug-likeness (QED) is 0.693. The fourth-order valence-corrected chi connectivity index (χ4v) is 1.68. The third kappa shape index (κ3) is 1.73. The summed E-state index contributed by atoms with van der Waals surface area (Å²) in [6, 6.07) is 0. The van der Waals surface area contributed by atoms with Gasteiger partial charge in [-0.15, -0.1) is 0 Å². The van der Waals surface area contributed by atoms with Gasteiger partial charge < -0.3 is 9.67 Å². The predicted octanol–water partition coefficient (Wildman–Crippen LogP) is -0.0950. The molecule has 0 radical (unpaired) electrons. The highest BCUT2D eigenvalue weighted by atomic mass is 16.3. The van der Waals surface area contributed by atoms with Crippen molar-refractivity contribution in [3.63, 3.8) is 0 Å². The minimum absolute atomic E-state index is 0.124. The van der Waals surface area contributed by atoms with Gasteiger partial charge >= 0.3 is 0 Å². The van der Waals surface area contributed by atoms with Crippen molar-refractivity contribution in [2.45, 2.75) is 19.6 Å². The fourth-order valence-electron chi connectivity index (χ4n) is 1.68. The van der Waals surface area contributed by atoms with E-state index in [1.807, 2.05) is 24.7 Å². The Hall–Kier alpha value is -0.870. The van der Waals surface area contributed by atoms with Crippen molar-refractivity contribution in [3.05, 3.63) is 17.7 Å². The molecule has 1 aromatic rings. The van der Waals surface area contributed by atoms with Crippen molar-refractivity contribution < 1.29 is 5.11 Å². The molecule has 0 unspecified atom stereocenters. The van der Waals surface area contributed by atoms with E-state index in [0.717, 1.165) is 31.2 Å². The molecule has 1 N–H and O–H groups in total. The molecule has 0 saturated carbocycles. The largest absolute Gasteiger partial charge is 0.390 e. The van der Waals surface area contributed by atoms with Crippen LogP contribution in [0.1, 0.15) is 11.5 Å². The molecule has 2 heterocycles. The molecule has 4 heteroatoms. The fraction of sp³-hybridized carbons (Fsp3) is 0.667. The van der Waals surface area contributed by atoms with Crippen LogP contribution in [0.3, 0.4) is 0 Å². The first-order valence-electron chi connectivity index (χ1n) is 4.54. The number of β-amino-alcohol motifs (C(OH)–C–C–N with tert-alkyl or cyclic N) is 1. The summed E-state index contributed by atoms with van der Waals surface area (Å²) in [6.45, 7) is 4.41.